The van der Waals surface area contributed by atoms with E-state index in [1.807, 2.05) is 11.3 Å². The molecule has 0 aliphatic rings. The Kier molecular flexibility index (Phi) is 15.1. The maximum absolute atomic E-state index is 2.44. The van der Waals surface area contributed by atoms with Crippen molar-refractivity contribution >= 4 is 11.3 Å². The second kappa shape index (κ2) is 17.0. The Hall–Kier alpha value is -1.60. The van der Waals surface area contributed by atoms with Crippen molar-refractivity contribution in [1.29, 1.82) is 0 Å². The molecule has 0 unspecified atom stereocenters. The van der Waals surface area contributed by atoms with E-state index in [4.69, 9.17) is 0 Å². The fourth-order valence-corrected chi connectivity index (χ4v) is 4.28. The van der Waals surface area contributed by atoms with Gasteiger partial charge in [-0.2, -0.15) is 0 Å². The van der Waals surface area contributed by atoms with Gasteiger partial charge in [0, 0.05) is 4.88 Å². The van der Waals surface area contributed by atoms with Gasteiger partial charge in [-0.05, 0) is 117 Å². The molecule has 0 spiro atoms. The molecule has 0 atom stereocenters. The summed E-state index contributed by atoms with van der Waals surface area (Å²) >= 11 is 1.87. The second-order valence-electron chi connectivity index (χ2n) is 9.26. The Morgan fingerprint density at radius 2 is 1.03 bits per heavy atom. The molecule has 0 radical (unpaired) electrons. The quantitative estimate of drug-likeness (QED) is 0.239. The molecule has 0 amide bonds. The highest BCUT2D eigenvalue weighted by atomic mass is 32.1. The minimum Gasteiger partial charge on any atom is -0.149 e. The molecule has 0 N–H and O–H groups in total. The van der Waals surface area contributed by atoms with Crippen LogP contribution in [0.2, 0.25) is 0 Å². The number of hydrogen-bond acceptors (Lipinski definition) is 1. The molecule has 172 valence electrons. The van der Waals surface area contributed by atoms with Crippen molar-refractivity contribution in [2.24, 2.45) is 0 Å². The van der Waals surface area contributed by atoms with E-state index in [2.05, 4.69) is 89.4 Å². The molecule has 1 aromatic heterocycles. The van der Waals surface area contributed by atoms with Gasteiger partial charge in [0.25, 0.3) is 0 Å². The van der Waals surface area contributed by atoms with Gasteiger partial charge in [-0.25, -0.2) is 0 Å². The van der Waals surface area contributed by atoms with Crippen molar-refractivity contribution in [1.82, 2.24) is 0 Å². The van der Waals surface area contributed by atoms with Crippen LogP contribution in [0.1, 0.15) is 104 Å². The lowest BCUT2D eigenvalue weighted by atomic mass is 10.0. The number of hydrogen-bond donors (Lipinski definition) is 0. The normalized spacial score (nSPS) is 13.6. The van der Waals surface area contributed by atoms with Crippen LogP contribution in [0, 0.1) is 0 Å². The number of allylic oxidation sites excluding steroid dienone is 10. The highest BCUT2D eigenvalue weighted by molar-refractivity contribution is 7.09. The predicted molar refractivity (Wildman–Crippen MR) is 144 cm³/mol. The van der Waals surface area contributed by atoms with Crippen LogP contribution >= 0.6 is 11.3 Å². The molecule has 0 nitrogen and oxygen atoms in total. The van der Waals surface area contributed by atoms with Gasteiger partial charge >= 0.3 is 0 Å². The van der Waals surface area contributed by atoms with Gasteiger partial charge in [0.1, 0.15) is 0 Å². The van der Waals surface area contributed by atoms with E-state index in [1.165, 1.54) is 97.0 Å². The molecule has 0 aliphatic heterocycles. The monoisotopic (exact) mass is 438 g/mol. The summed E-state index contributed by atoms with van der Waals surface area (Å²) in [7, 11) is 0. The molecular weight excluding hydrogens is 392 g/mol. The molecule has 1 rings (SSSR count). The average molecular weight is 439 g/mol. The van der Waals surface area contributed by atoms with Crippen LogP contribution in [-0.4, -0.2) is 0 Å². The molecule has 0 aliphatic carbocycles. The van der Waals surface area contributed by atoms with Crippen LogP contribution in [0.25, 0.3) is 0 Å². The van der Waals surface area contributed by atoms with Crippen molar-refractivity contribution < 1.29 is 0 Å². The smallest absolute Gasteiger partial charge is 0.00483 e. The molecule has 0 saturated carbocycles. The summed E-state index contributed by atoms with van der Waals surface area (Å²) < 4.78 is 0. The third-order valence-electron chi connectivity index (χ3n) is 5.65. The fourth-order valence-electron chi connectivity index (χ4n) is 3.55. The molecule has 1 aromatic rings. The first kappa shape index (κ1) is 27.4. The third kappa shape index (κ3) is 15.8. The predicted octanol–water partition coefficient (Wildman–Crippen LogP) is 10.6. The zero-order chi connectivity index (χ0) is 22.9. The van der Waals surface area contributed by atoms with Crippen LogP contribution in [0.15, 0.2) is 75.8 Å². The van der Waals surface area contributed by atoms with Gasteiger partial charge in [0.2, 0.25) is 0 Å². The maximum atomic E-state index is 2.44. The summed E-state index contributed by atoms with van der Waals surface area (Å²) in [6.45, 7) is 13.5. The summed E-state index contributed by atoms with van der Waals surface area (Å²) in [6.07, 6.45) is 23.9. The zero-order valence-electron chi connectivity index (χ0n) is 21.1. The summed E-state index contributed by atoms with van der Waals surface area (Å²) in [6, 6.07) is 4.38. The molecule has 0 aromatic carbocycles. The minimum absolute atomic E-state index is 1.17. The molecule has 0 bridgehead atoms. The molecule has 0 saturated heterocycles. The average Bonchev–Trinajstić information content (AvgIpc) is 3.21. The summed E-state index contributed by atoms with van der Waals surface area (Å²) in [5.41, 5.74) is 7.55. The maximum Gasteiger partial charge on any atom is 0.00483 e. The van der Waals surface area contributed by atoms with Crippen LogP contribution in [-0.2, 0) is 6.42 Å². The van der Waals surface area contributed by atoms with E-state index in [0.717, 1.165) is 0 Å². The largest absolute Gasteiger partial charge is 0.149 e. The van der Waals surface area contributed by atoms with Gasteiger partial charge in [0.15, 0.2) is 0 Å². The van der Waals surface area contributed by atoms with Crippen molar-refractivity contribution in [3.05, 3.63) is 80.6 Å². The van der Waals surface area contributed by atoms with Crippen LogP contribution in [0.3, 0.4) is 0 Å². The van der Waals surface area contributed by atoms with Crippen LogP contribution in [0.5, 0.6) is 0 Å². The molecular formula is C30H46S. The van der Waals surface area contributed by atoms with Crippen LogP contribution in [0.4, 0.5) is 0 Å². The third-order valence-corrected chi connectivity index (χ3v) is 6.59. The van der Waals surface area contributed by atoms with Crippen molar-refractivity contribution in [2.75, 3.05) is 0 Å². The van der Waals surface area contributed by atoms with E-state index >= 15 is 0 Å². The van der Waals surface area contributed by atoms with E-state index in [-0.39, 0.29) is 0 Å². The second-order valence-corrected chi connectivity index (χ2v) is 10.3. The van der Waals surface area contributed by atoms with E-state index in [1.54, 1.807) is 0 Å². The first-order valence-electron chi connectivity index (χ1n) is 12.1. The van der Waals surface area contributed by atoms with Gasteiger partial charge in [-0.15, -0.1) is 11.3 Å². The molecule has 1 heterocycles. The minimum atomic E-state index is 1.17. The highest BCUT2D eigenvalue weighted by Crippen LogP contribution is 2.16. The van der Waals surface area contributed by atoms with Gasteiger partial charge in [0.05, 0.1) is 0 Å². The van der Waals surface area contributed by atoms with Gasteiger partial charge in [-0.1, -0.05) is 64.3 Å². The molecule has 31 heavy (non-hydrogen) atoms. The van der Waals surface area contributed by atoms with Crippen molar-refractivity contribution in [3.8, 4) is 0 Å². The Morgan fingerprint density at radius 3 is 1.42 bits per heavy atom. The first-order chi connectivity index (χ1) is 14.9. The molecule has 0 fully saturated rings. The first-order valence-corrected chi connectivity index (χ1v) is 13.0. The number of aryl methyl sites for hydroxylation is 1. The number of thiophene rings is 1. The lowest BCUT2D eigenvalue weighted by Crippen LogP contribution is -1.83. The van der Waals surface area contributed by atoms with E-state index in [9.17, 15) is 0 Å². The lowest BCUT2D eigenvalue weighted by molar-refractivity contribution is 0.888. The standard InChI is InChI=1S/C30H46S/c1-25(2)13-7-14-26(3)15-8-16-27(4)17-9-18-28(5)19-10-20-29(6)21-11-22-30-23-12-24-31-30/h12-13,15,17,19,21,23-24H,7-11,14,16,18,20,22H2,1-6H3/b26-15+,27-17+,28-19+,29-21+. The van der Waals surface area contributed by atoms with Crippen molar-refractivity contribution in [3.63, 3.8) is 0 Å². The molecule has 1 heteroatoms. The van der Waals surface area contributed by atoms with Gasteiger partial charge in [-0.3, -0.25) is 0 Å². The van der Waals surface area contributed by atoms with Gasteiger partial charge < -0.3 is 0 Å². The Bertz CT molecular complexity index is 746. The topological polar surface area (TPSA) is 0 Å². The Balaban J connectivity index is 2.19. The highest BCUT2D eigenvalue weighted by Gasteiger charge is 1.96. The van der Waals surface area contributed by atoms with E-state index < -0.39 is 0 Å². The van der Waals surface area contributed by atoms with Crippen molar-refractivity contribution in [2.45, 2.75) is 106 Å². The summed E-state index contributed by atoms with van der Waals surface area (Å²) in [5.74, 6) is 0. The summed E-state index contributed by atoms with van der Waals surface area (Å²) in [4.78, 5) is 1.49. The Labute approximate surface area is 197 Å². The fraction of sp³-hybridized carbons (Fsp3) is 0.533. The number of rotatable bonds is 15. The van der Waals surface area contributed by atoms with Crippen LogP contribution < -0.4 is 0 Å². The summed E-state index contributed by atoms with van der Waals surface area (Å²) in [5, 5.41) is 2.17. The lowest BCUT2D eigenvalue weighted by Gasteiger charge is -2.03. The zero-order valence-corrected chi connectivity index (χ0v) is 21.9. The SMILES string of the molecule is CC(C)=CCC/C(C)=C/CC/C(C)=C/CC/C(C)=C/CC/C(C)=C/CCc1cccs1. The Morgan fingerprint density at radius 1 is 0.613 bits per heavy atom. The van der Waals surface area contributed by atoms with E-state index in [0.29, 0.717) is 0 Å².